The zero-order chi connectivity index (χ0) is 50.4. The highest BCUT2D eigenvalue weighted by atomic mass is 35.5. The molecule has 0 bridgehead atoms. The minimum absolute atomic E-state index is 0.0283. The fourth-order valence-electron chi connectivity index (χ4n) is 9.27. The highest BCUT2D eigenvalue weighted by Gasteiger charge is 2.42. The van der Waals surface area contributed by atoms with Gasteiger partial charge in [-0.2, -0.15) is 10.5 Å². The van der Waals surface area contributed by atoms with Gasteiger partial charge in [0.2, 0.25) is 23.6 Å². The average molecular weight is 988 g/mol. The molecular weight excluding hydrogens is 928 g/mol. The van der Waals surface area contributed by atoms with Gasteiger partial charge < -0.3 is 50.9 Å². The van der Waals surface area contributed by atoms with E-state index >= 15 is 0 Å². The number of methoxy groups -OCH3 is 2. The van der Waals surface area contributed by atoms with Crippen molar-refractivity contribution in [2.45, 2.75) is 116 Å². The van der Waals surface area contributed by atoms with Gasteiger partial charge in [0.05, 0.1) is 37.4 Å². The molecule has 0 radical (unpaired) electrons. The third-order valence-corrected chi connectivity index (χ3v) is 13.1. The maximum atomic E-state index is 14.5. The Labute approximate surface area is 410 Å². The van der Waals surface area contributed by atoms with Gasteiger partial charge in [0.15, 0.2) is 0 Å². The lowest BCUT2D eigenvalue weighted by atomic mass is 9.84. The number of nitrogens with one attached hydrogen (secondary N) is 7. The molecule has 6 rings (SSSR count). The topological polar surface area (TPSA) is 263 Å². The van der Waals surface area contributed by atoms with Gasteiger partial charge in [0.25, 0.3) is 11.8 Å². The second-order valence-electron chi connectivity index (χ2n) is 19.6. The van der Waals surface area contributed by atoms with Crippen LogP contribution < -0.4 is 36.1 Å². The number of amides is 6. The number of benzene rings is 2. The van der Waals surface area contributed by atoms with Gasteiger partial charge in [-0.15, -0.1) is 0 Å². The van der Waals surface area contributed by atoms with Gasteiger partial charge >= 0.3 is 0 Å². The number of halogens is 2. The Morgan fingerprint density at radius 1 is 0.725 bits per heavy atom. The molecule has 0 saturated carbocycles. The van der Waals surface area contributed by atoms with Crippen molar-refractivity contribution in [1.82, 2.24) is 41.5 Å². The van der Waals surface area contributed by atoms with Crippen molar-refractivity contribution >= 4 is 80.5 Å². The first-order valence-electron chi connectivity index (χ1n) is 23.0. The minimum Gasteiger partial charge on any atom is -0.496 e. The summed E-state index contributed by atoms with van der Waals surface area (Å²) in [6, 6.07) is 9.43. The Balaban J connectivity index is 1.17. The average Bonchev–Trinajstić information content (AvgIpc) is 3.93. The van der Waals surface area contributed by atoms with Crippen LogP contribution in [0, 0.1) is 39.9 Å². The maximum absolute atomic E-state index is 14.5. The molecule has 368 valence electrons. The lowest BCUT2D eigenvalue weighted by Crippen LogP contribution is -2.59. The number of aromatic nitrogens is 2. The van der Waals surface area contributed by atoms with Crippen LogP contribution >= 0.6 is 23.2 Å². The molecule has 2 aliphatic heterocycles. The molecule has 7 N–H and O–H groups in total. The van der Waals surface area contributed by atoms with Gasteiger partial charge in [0.1, 0.15) is 47.1 Å². The lowest BCUT2D eigenvalue weighted by molar-refractivity contribution is -0.146. The number of carbonyl (C=O) groups excluding carboxylic acids is 6. The third-order valence-electron chi connectivity index (χ3n) is 12.7. The molecule has 2 aliphatic rings. The van der Waals surface area contributed by atoms with Crippen molar-refractivity contribution in [3.63, 3.8) is 0 Å². The Bertz CT molecular complexity index is 2700. The molecule has 20 heteroatoms. The second-order valence-corrected chi connectivity index (χ2v) is 20.5. The Morgan fingerprint density at radius 3 is 1.67 bits per heavy atom. The zero-order valence-electron chi connectivity index (χ0n) is 39.9. The van der Waals surface area contributed by atoms with Gasteiger partial charge in [-0.1, -0.05) is 44.0 Å². The number of hydrogen-bond donors (Lipinski definition) is 7. The van der Waals surface area contributed by atoms with Crippen LogP contribution in [0.5, 0.6) is 11.5 Å². The van der Waals surface area contributed by atoms with Gasteiger partial charge in [-0.25, -0.2) is 0 Å². The van der Waals surface area contributed by atoms with Crippen LogP contribution in [0.15, 0.2) is 36.4 Å². The van der Waals surface area contributed by atoms with Crippen LogP contribution in [0.1, 0.15) is 107 Å². The quantitative estimate of drug-likeness (QED) is 0.0608. The number of piperidine rings is 2. The van der Waals surface area contributed by atoms with E-state index in [-0.39, 0.29) is 48.9 Å². The number of rotatable bonds is 18. The van der Waals surface area contributed by atoms with E-state index in [4.69, 9.17) is 32.7 Å². The smallest absolute Gasteiger partial charge is 0.268 e. The summed E-state index contributed by atoms with van der Waals surface area (Å²) >= 11 is 12.5. The predicted octanol–water partition coefficient (Wildman–Crippen LogP) is 6.04. The van der Waals surface area contributed by atoms with Crippen molar-refractivity contribution < 1.29 is 38.2 Å². The van der Waals surface area contributed by atoms with E-state index in [0.717, 1.165) is 6.42 Å². The second kappa shape index (κ2) is 21.9. The van der Waals surface area contributed by atoms with Gasteiger partial charge in [-0.3, -0.25) is 28.8 Å². The van der Waals surface area contributed by atoms with Crippen molar-refractivity contribution in [1.29, 1.82) is 10.5 Å². The fourth-order valence-corrected chi connectivity index (χ4v) is 9.68. The molecule has 0 aliphatic carbocycles. The Hall–Kier alpha value is -6.50. The third kappa shape index (κ3) is 12.8. The first-order chi connectivity index (χ1) is 32.6. The van der Waals surface area contributed by atoms with Crippen molar-refractivity contribution in [2.24, 2.45) is 17.3 Å². The normalized spacial score (nSPS) is 18.2. The summed E-state index contributed by atoms with van der Waals surface area (Å²) < 4.78 is 10.9. The van der Waals surface area contributed by atoms with Crippen molar-refractivity contribution in [3.05, 3.63) is 57.8 Å². The molecule has 3 unspecified atom stereocenters. The lowest BCUT2D eigenvalue weighted by Gasteiger charge is -2.45. The summed E-state index contributed by atoms with van der Waals surface area (Å²) in [4.78, 5) is 90.6. The number of hydrogen-bond acceptors (Lipinski definition) is 10. The van der Waals surface area contributed by atoms with Gasteiger partial charge in [0, 0.05) is 51.3 Å². The molecule has 4 aromatic rings. The Kier molecular flexibility index (Phi) is 16.4. The van der Waals surface area contributed by atoms with E-state index in [9.17, 15) is 39.3 Å². The molecule has 18 nitrogen and oxygen atoms in total. The number of aromatic amines is 2. The van der Waals surface area contributed by atoms with Crippen LogP contribution in [0.4, 0.5) is 0 Å². The summed E-state index contributed by atoms with van der Waals surface area (Å²) in [6.07, 6.45) is 2.42. The molecule has 69 heavy (non-hydrogen) atoms. The van der Waals surface area contributed by atoms with E-state index < -0.39 is 70.6 Å². The first kappa shape index (κ1) is 51.9. The number of carbonyl (C=O) groups is 6. The molecule has 2 fully saturated rings. The molecular formula is C49H60Cl2N10O8. The van der Waals surface area contributed by atoms with Gasteiger partial charge in [-0.05, 0) is 107 Å². The van der Waals surface area contributed by atoms with Crippen LogP contribution in [-0.4, -0.2) is 107 Å². The predicted molar refractivity (Wildman–Crippen MR) is 259 cm³/mol. The number of fused-ring (bicyclic) bond motifs is 2. The SMILES string of the molecule is COc1cc(Cl)cc2[nH]c(C(=O)NC(CC(C)(C)N3CCC[C@@H](C[C@@H](C#N)NC(=O)[C@H](CC(C)(C)C)NC(=O)c4cc5c(OC)cc(Cl)cc5[nH]4)C3=O)C(=O)NC(C#N)CC3CCCNC3=O)cc12. The largest absolute Gasteiger partial charge is 0.496 e. The highest BCUT2D eigenvalue weighted by molar-refractivity contribution is 6.32. The zero-order valence-corrected chi connectivity index (χ0v) is 41.4. The van der Waals surface area contributed by atoms with Crippen LogP contribution in [0.3, 0.4) is 0 Å². The highest BCUT2D eigenvalue weighted by Crippen LogP contribution is 2.34. The maximum Gasteiger partial charge on any atom is 0.268 e. The molecule has 2 aromatic carbocycles. The molecule has 6 amide bonds. The first-order valence-corrected chi connectivity index (χ1v) is 23.7. The molecule has 4 heterocycles. The monoisotopic (exact) mass is 986 g/mol. The number of nitriles is 2. The molecule has 2 saturated heterocycles. The van der Waals surface area contributed by atoms with E-state index in [1.165, 1.54) is 14.2 Å². The summed E-state index contributed by atoms with van der Waals surface area (Å²) in [6.45, 7) is 10.1. The number of ether oxygens (including phenoxy) is 2. The van der Waals surface area contributed by atoms with Crippen LogP contribution in [0.25, 0.3) is 21.8 Å². The van der Waals surface area contributed by atoms with E-state index in [0.29, 0.717) is 75.7 Å². The van der Waals surface area contributed by atoms with Crippen molar-refractivity contribution in [2.75, 3.05) is 27.3 Å². The van der Waals surface area contributed by atoms with Crippen molar-refractivity contribution in [3.8, 4) is 23.6 Å². The Morgan fingerprint density at radius 2 is 1.20 bits per heavy atom. The number of H-pyrrole nitrogens is 2. The van der Waals surface area contributed by atoms with E-state index in [1.54, 1.807) is 55.1 Å². The van der Waals surface area contributed by atoms with E-state index in [1.807, 2.05) is 20.8 Å². The van der Waals surface area contributed by atoms with E-state index in [2.05, 4.69) is 48.7 Å². The molecule has 0 spiro atoms. The molecule has 6 atom stereocenters. The van der Waals surface area contributed by atoms with Crippen LogP contribution in [0.2, 0.25) is 10.0 Å². The summed E-state index contributed by atoms with van der Waals surface area (Å²) in [5.74, 6) is -3.29. The number of likely N-dealkylation sites (tertiary alicyclic amines) is 1. The summed E-state index contributed by atoms with van der Waals surface area (Å²) in [7, 11) is 2.96. The standard InChI is InChI=1S/C49H60Cl2N10O8/c1-48(2,3)22-38(59-43(63)36-20-32-34(57-36)16-28(50)18-40(32)68-6)45(65)56-31(25-53)15-27-11-9-13-61(47(27)67)49(4,5)23-39(46(66)55-30(24-52)14-26-10-8-12-54-42(26)62)60-44(64)37-21-33-35(58-37)17-29(51)19-41(33)69-7/h16-21,26-27,30-31,38-39,57-58H,8-15,22-23H2,1-7H3,(H,54,62)(H,55,66)(H,56,65)(H,59,63)(H,60,64)/t26?,27-,30?,31-,38-,39?/m0/s1. The summed E-state index contributed by atoms with van der Waals surface area (Å²) in [5.41, 5.74) is -0.150. The summed E-state index contributed by atoms with van der Waals surface area (Å²) in [5, 5.41) is 36.4. The minimum atomic E-state index is -1.28. The molecule has 2 aromatic heterocycles. The number of nitrogens with zero attached hydrogens (tertiary/aromatic N) is 3. The fraction of sp³-hybridized carbons (Fsp3) is 0.510. The van der Waals surface area contributed by atoms with Crippen LogP contribution in [-0.2, 0) is 19.2 Å².